The Hall–Kier alpha value is -0.830. The van der Waals surface area contributed by atoms with Crippen molar-refractivity contribution in [2.45, 2.75) is 77.2 Å². The van der Waals surface area contributed by atoms with Crippen LogP contribution in [0.15, 0.2) is 12.2 Å². The lowest BCUT2D eigenvalue weighted by Gasteiger charge is -2.63. The molecule has 3 nitrogen and oxygen atoms in total. The molecule has 2 N–H and O–H groups in total. The van der Waals surface area contributed by atoms with Gasteiger partial charge < -0.3 is 10.2 Å². The first-order valence-electron chi connectivity index (χ1n) is 9.30. The molecule has 4 rings (SSSR count). The zero-order valence-electron chi connectivity index (χ0n) is 14.5. The van der Waals surface area contributed by atoms with Crippen LogP contribution in [0.5, 0.6) is 0 Å². The molecule has 4 aliphatic rings. The third kappa shape index (κ3) is 1.78. The molecule has 0 aliphatic heterocycles. The van der Waals surface area contributed by atoms with Crippen molar-refractivity contribution in [3.8, 4) is 0 Å². The first kappa shape index (κ1) is 15.7. The first-order chi connectivity index (χ1) is 10.7. The minimum Gasteiger partial charge on any atom is -0.481 e. The Morgan fingerprint density at radius 3 is 2.52 bits per heavy atom. The second-order valence-electron chi connectivity index (χ2n) is 9.62. The monoisotopic (exact) mass is 318 g/mol. The Labute approximate surface area is 139 Å². The Kier molecular flexibility index (Phi) is 3.01. The van der Waals surface area contributed by atoms with Gasteiger partial charge in [-0.25, -0.2) is 0 Å². The van der Waals surface area contributed by atoms with E-state index in [-0.39, 0.29) is 16.7 Å². The molecule has 0 aromatic heterocycles. The van der Waals surface area contributed by atoms with Crippen LogP contribution in [0.2, 0.25) is 0 Å². The summed E-state index contributed by atoms with van der Waals surface area (Å²) in [6, 6.07) is 0. The Morgan fingerprint density at radius 2 is 1.83 bits per heavy atom. The van der Waals surface area contributed by atoms with Gasteiger partial charge in [0.1, 0.15) is 0 Å². The maximum Gasteiger partial charge on any atom is 0.309 e. The number of carboxylic acid groups (broad SMARTS) is 1. The molecule has 4 saturated carbocycles. The molecule has 0 aromatic rings. The van der Waals surface area contributed by atoms with Gasteiger partial charge in [-0.15, -0.1) is 0 Å². The van der Waals surface area contributed by atoms with Crippen LogP contribution >= 0.6 is 0 Å². The van der Waals surface area contributed by atoms with Gasteiger partial charge in [-0.1, -0.05) is 19.9 Å². The van der Waals surface area contributed by atoms with Crippen LogP contribution in [0, 0.1) is 28.1 Å². The van der Waals surface area contributed by atoms with Gasteiger partial charge in [0.25, 0.3) is 0 Å². The van der Waals surface area contributed by atoms with Crippen LogP contribution in [0.4, 0.5) is 0 Å². The van der Waals surface area contributed by atoms with E-state index >= 15 is 0 Å². The first-order valence-corrected chi connectivity index (χ1v) is 9.30. The molecule has 0 radical (unpaired) electrons. The standard InChI is InChI=1S/C20H30O3/c1-13-11-19-9-5-14-17(2,7-4-8-18(14,3)16(21)22)15(19)6-10-20(13,23)12-19/h14-15,23H,1,4-12H2,2-3H3,(H,21,22)/t14-,15-,17+,18+,19-,20+/m0/s1. The second-order valence-corrected chi connectivity index (χ2v) is 9.62. The van der Waals surface area contributed by atoms with Gasteiger partial charge in [-0.05, 0) is 86.5 Å². The van der Waals surface area contributed by atoms with E-state index in [4.69, 9.17) is 0 Å². The summed E-state index contributed by atoms with van der Waals surface area (Å²) < 4.78 is 0. The van der Waals surface area contributed by atoms with Crippen molar-refractivity contribution >= 4 is 5.97 Å². The third-order valence-electron chi connectivity index (χ3n) is 8.65. The Bertz CT molecular complexity index is 583. The van der Waals surface area contributed by atoms with Crippen molar-refractivity contribution in [1.29, 1.82) is 0 Å². The van der Waals surface area contributed by atoms with Crippen LogP contribution in [0.25, 0.3) is 0 Å². The number of hydrogen-bond donors (Lipinski definition) is 2. The van der Waals surface area contributed by atoms with Gasteiger partial charge in [0.2, 0.25) is 0 Å². The van der Waals surface area contributed by atoms with Gasteiger partial charge in [-0.3, -0.25) is 4.79 Å². The Morgan fingerprint density at radius 1 is 1.13 bits per heavy atom. The molecule has 3 heteroatoms. The van der Waals surface area contributed by atoms with E-state index in [1.807, 2.05) is 6.92 Å². The summed E-state index contributed by atoms with van der Waals surface area (Å²) in [4.78, 5) is 12.0. The van der Waals surface area contributed by atoms with E-state index in [1.54, 1.807) is 0 Å². The van der Waals surface area contributed by atoms with E-state index < -0.39 is 17.0 Å². The van der Waals surface area contributed by atoms with Crippen molar-refractivity contribution in [3.05, 3.63) is 12.2 Å². The number of carboxylic acids is 1. The highest BCUT2D eigenvalue weighted by Crippen LogP contribution is 2.72. The quantitative estimate of drug-likeness (QED) is 0.714. The predicted octanol–water partition coefficient (Wildman–Crippen LogP) is 4.16. The van der Waals surface area contributed by atoms with Crippen LogP contribution in [-0.4, -0.2) is 21.8 Å². The van der Waals surface area contributed by atoms with Gasteiger partial charge in [0, 0.05) is 0 Å². The van der Waals surface area contributed by atoms with Crippen molar-refractivity contribution < 1.29 is 15.0 Å². The topological polar surface area (TPSA) is 57.5 Å². The molecule has 0 saturated heterocycles. The molecule has 0 heterocycles. The second kappa shape index (κ2) is 4.41. The van der Waals surface area contributed by atoms with Gasteiger partial charge in [-0.2, -0.15) is 0 Å². The fraction of sp³-hybridized carbons (Fsp3) is 0.850. The summed E-state index contributed by atoms with van der Waals surface area (Å²) in [5.74, 6) is 0.219. The van der Waals surface area contributed by atoms with E-state index in [2.05, 4.69) is 13.5 Å². The third-order valence-corrected chi connectivity index (χ3v) is 8.65. The summed E-state index contributed by atoms with van der Waals surface area (Å²) in [7, 11) is 0. The lowest BCUT2D eigenvalue weighted by Crippen LogP contribution is -2.59. The molecule has 0 amide bonds. The summed E-state index contributed by atoms with van der Waals surface area (Å²) in [6.07, 6.45) is 8.75. The molecule has 1 spiro atoms. The molecule has 4 fully saturated rings. The number of carbonyl (C=O) groups is 1. The Balaban J connectivity index is 1.76. The van der Waals surface area contributed by atoms with Crippen LogP contribution in [0.3, 0.4) is 0 Å². The number of fused-ring (bicyclic) bond motifs is 3. The fourth-order valence-corrected chi connectivity index (χ4v) is 7.61. The molecule has 4 aliphatic carbocycles. The number of rotatable bonds is 1. The number of aliphatic hydroxyl groups is 1. The maximum absolute atomic E-state index is 12.0. The average Bonchev–Trinajstić information content (AvgIpc) is 2.63. The number of aliphatic carboxylic acids is 1. The number of hydrogen-bond acceptors (Lipinski definition) is 2. The minimum absolute atomic E-state index is 0.107. The van der Waals surface area contributed by atoms with Crippen molar-refractivity contribution in [2.75, 3.05) is 0 Å². The van der Waals surface area contributed by atoms with E-state index in [1.165, 1.54) is 0 Å². The summed E-state index contributed by atoms with van der Waals surface area (Å²) in [6.45, 7) is 8.55. The van der Waals surface area contributed by atoms with E-state index in [0.717, 1.165) is 63.4 Å². The smallest absolute Gasteiger partial charge is 0.309 e. The van der Waals surface area contributed by atoms with Crippen molar-refractivity contribution in [2.24, 2.45) is 28.1 Å². The SMILES string of the molecule is C=C1C[C@]23CC[C@H]4[C@@](C)(CCC[C@@]4(C)C(=O)O)[C@@H]2CC[C@@]1(O)C3. The summed E-state index contributed by atoms with van der Waals surface area (Å²) in [5, 5.41) is 20.8. The zero-order valence-corrected chi connectivity index (χ0v) is 14.5. The van der Waals surface area contributed by atoms with Crippen LogP contribution < -0.4 is 0 Å². The molecule has 0 aromatic carbocycles. The minimum atomic E-state index is -0.634. The highest BCUT2D eigenvalue weighted by atomic mass is 16.4. The normalized spacial score (nSPS) is 55.2. The van der Waals surface area contributed by atoms with Crippen molar-refractivity contribution in [3.63, 3.8) is 0 Å². The predicted molar refractivity (Wildman–Crippen MR) is 88.9 cm³/mol. The molecule has 0 unspecified atom stereocenters. The molecular weight excluding hydrogens is 288 g/mol. The zero-order chi connectivity index (χ0) is 16.7. The van der Waals surface area contributed by atoms with Crippen LogP contribution in [0.1, 0.15) is 71.6 Å². The average molecular weight is 318 g/mol. The highest BCUT2D eigenvalue weighted by molar-refractivity contribution is 5.75. The maximum atomic E-state index is 12.0. The summed E-state index contributed by atoms with van der Waals surface area (Å²) in [5.41, 5.74) is 0.128. The van der Waals surface area contributed by atoms with Crippen molar-refractivity contribution in [1.82, 2.24) is 0 Å². The van der Waals surface area contributed by atoms with E-state index in [9.17, 15) is 15.0 Å². The molecule has 6 atom stereocenters. The lowest BCUT2D eigenvalue weighted by molar-refractivity contribution is -0.186. The molecule has 128 valence electrons. The molecule has 23 heavy (non-hydrogen) atoms. The molecular formula is C20H30O3. The molecule has 2 bridgehead atoms. The van der Waals surface area contributed by atoms with Crippen LogP contribution in [-0.2, 0) is 4.79 Å². The van der Waals surface area contributed by atoms with Gasteiger partial charge in [0.15, 0.2) is 0 Å². The van der Waals surface area contributed by atoms with Gasteiger partial charge in [0.05, 0.1) is 11.0 Å². The highest BCUT2D eigenvalue weighted by Gasteiger charge is 2.67. The lowest BCUT2D eigenvalue weighted by atomic mass is 9.41. The van der Waals surface area contributed by atoms with E-state index in [0.29, 0.717) is 5.92 Å². The summed E-state index contributed by atoms with van der Waals surface area (Å²) >= 11 is 0. The van der Waals surface area contributed by atoms with Gasteiger partial charge >= 0.3 is 5.97 Å². The fourth-order valence-electron chi connectivity index (χ4n) is 7.61. The largest absolute Gasteiger partial charge is 0.481 e.